The molecule has 0 amide bonds. The first-order valence-electron chi connectivity index (χ1n) is 17.3. The van der Waals surface area contributed by atoms with Gasteiger partial charge in [0.15, 0.2) is 0 Å². The fraction of sp³-hybridized carbons (Fsp3) is 0. The Morgan fingerprint density at radius 3 is 1.26 bits per heavy atom. The second-order valence-corrected chi connectivity index (χ2v) is 13.3. The lowest BCUT2D eigenvalue weighted by atomic mass is 9.83. The Hall–Kier alpha value is -6.50. The molecule has 0 heteroatoms. The molecule has 10 aromatic rings. The van der Waals surface area contributed by atoms with Gasteiger partial charge in [-0.25, -0.2) is 0 Å². The molecule has 232 valence electrons. The van der Waals surface area contributed by atoms with Crippen molar-refractivity contribution in [2.24, 2.45) is 0 Å². The SMILES string of the molecule is c1ccc2cc(-c3ccc(-c4cc(-c5c6ccccc6c(-c6cccc7ccccc67)c6ccccc56)c5ccccc5c4)cc3)ccc2c1. The molecular weight excluding hydrogens is 601 g/mol. The molecule has 10 rings (SSSR count). The van der Waals surface area contributed by atoms with Crippen molar-refractivity contribution in [3.8, 4) is 44.5 Å². The van der Waals surface area contributed by atoms with Gasteiger partial charge in [0, 0.05) is 0 Å². The Morgan fingerprint density at radius 1 is 0.200 bits per heavy atom. The summed E-state index contributed by atoms with van der Waals surface area (Å²) in [6.45, 7) is 0. The molecule has 0 bridgehead atoms. The first kappa shape index (κ1) is 28.5. The minimum absolute atomic E-state index is 1.21. The van der Waals surface area contributed by atoms with Gasteiger partial charge in [0.2, 0.25) is 0 Å². The van der Waals surface area contributed by atoms with E-state index < -0.39 is 0 Å². The molecule has 0 fully saturated rings. The Bertz CT molecular complexity index is 2850. The van der Waals surface area contributed by atoms with E-state index in [1.165, 1.54) is 98.4 Å². The Kier molecular flexibility index (Phi) is 6.60. The van der Waals surface area contributed by atoms with Gasteiger partial charge in [-0.15, -0.1) is 0 Å². The fourth-order valence-electron chi connectivity index (χ4n) is 8.06. The van der Waals surface area contributed by atoms with Crippen LogP contribution in [0.25, 0.3) is 98.4 Å². The number of rotatable bonds is 4. The molecule has 0 aromatic heterocycles. The summed E-state index contributed by atoms with van der Waals surface area (Å²) in [5.74, 6) is 0. The van der Waals surface area contributed by atoms with Crippen LogP contribution in [0.15, 0.2) is 194 Å². The molecular formula is C50H32. The topological polar surface area (TPSA) is 0 Å². The van der Waals surface area contributed by atoms with Crippen molar-refractivity contribution in [3.05, 3.63) is 194 Å². The summed E-state index contributed by atoms with van der Waals surface area (Å²) in [6, 6.07) is 71.4. The van der Waals surface area contributed by atoms with Crippen molar-refractivity contribution in [1.29, 1.82) is 0 Å². The van der Waals surface area contributed by atoms with Crippen LogP contribution in [0.5, 0.6) is 0 Å². The fourth-order valence-corrected chi connectivity index (χ4v) is 8.06. The molecule has 0 radical (unpaired) electrons. The van der Waals surface area contributed by atoms with Crippen molar-refractivity contribution in [3.63, 3.8) is 0 Å². The summed E-state index contributed by atoms with van der Waals surface area (Å²) in [6.07, 6.45) is 0. The van der Waals surface area contributed by atoms with E-state index in [0.29, 0.717) is 0 Å². The molecule has 0 atom stereocenters. The van der Waals surface area contributed by atoms with Crippen molar-refractivity contribution in [1.82, 2.24) is 0 Å². The molecule has 0 unspecified atom stereocenters. The van der Waals surface area contributed by atoms with Crippen molar-refractivity contribution in [2.45, 2.75) is 0 Å². The highest BCUT2D eigenvalue weighted by Crippen LogP contribution is 2.47. The molecule has 0 aliphatic rings. The van der Waals surface area contributed by atoms with Gasteiger partial charge < -0.3 is 0 Å². The second kappa shape index (κ2) is 11.6. The summed E-state index contributed by atoms with van der Waals surface area (Å²) in [5.41, 5.74) is 9.99. The largest absolute Gasteiger partial charge is 0.0616 e. The first-order chi connectivity index (χ1) is 24.8. The maximum atomic E-state index is 2.42. The third-order valence-corrected chi connectivity index (χ3v) is 10.4. The molecule has 0 heterocycles. The molecule has 0 aliphatic carbocycles. The van der Waals surface area contributed by atoms with Crippen LogP contribution >= 0.6 is 0 Å². The third kappa shape index (κ3) is 4.61. The van der Waals surface area contributed by atoms with Gasteiger partial charge in [0.25, 0.3) is 0 Å². The van der Waals surface area contributed by atoms with E-state index in [0.717, 1.165) is 0 Å². The lowest BCUT2D eigenvalue weighted by Crippen LogP contribution is -1.93. The van der Waals surface area contributed by atoms with Gasteiger partial charge in [-0.3, -0.25) is 0 Å². The molecule has 0 saturated carbocycles. The predicted molar refractivity (Wildman–Crippen MR) is 216 cm³/mol. The van der Waals surface area contributed by atoms with Crippen molar-refractivity contribution >= 4 is 53.9 Å². The van der Waals surface area contributed by atoms with Crippen LogP contribution < -0.4 is 0 Å². The molecule has 0 nitrogen and oxygen atoms in total. The predicted octanol–water partition coefficient (Wildman–Crippen LogP) is 14.1. The van der Waals surface area contributed by atoms with E-state index in [1.54, 1.807) is 0 Å². The first-order valence-corrected chi connectivity index (χ1v) is 17.3. The van der Waals surface area contributed by atoms with Gasteiger partial charge in [0.1, 0.15) is 0 Å². The second-order valence-electron chi connectivity index (χ2n) is 13.3. The van der Waals surface area contributed by atoms with Gasteiger partial charge in [-0.2, -0.15) is 0 Å². The summed E-state index contributed by atoms with van der Waals surface area (Å²) in [7, 11) is 0. The average molecular weight is 633 g/mol. The van der Waals surface area contributed by atoms with E-state index in [4.69, 9.17) is 0 Å². The van der Waals surface area contributed by atoms with Gasteiger partial charge >= 0.3 is 0 Å². The van der Waals surface area contributed by atoms with Crippen molar-refractivity contribution in [2.75, 3.05) is 0 Å². The van der Waals surface area contributed by atoms with E-state index in [9.17, 15) is 0 Å². The highest BCUT2D eigenvalue weighted by molar-refractivity contribution is 6.25. The van der Waals surface area contributed by atoms with Crippen LogP contribution in [0.3, 0.4) is 0 Å². The molecule has 0 saturated heterocycles. The van der Waals surface area contributed by atoms with Crippen LogP contribution in [0.1, 0.15) is 0 Å². The average Bonchev–Trinajstić information content (AvgIpc) is 3.19. The normalized spacial score (nSPS) is 11.6. The Labute approximate surface area is 291 Å². The smallest absolute Gasteiger partial charge is 0.00199 e. The summed E-state index contributed by atoms with van der Waals surface area (Å²) in [5, 5.41) is 12.6. The Morgan fingerprint density at radius 2 is 0.620 bits per heavy atom. The maximum absolute atomic E-state index is 2.42. The zero-order valence-electron chi connectivity index (χ0n) is 27.5. The van der Waals surface area contributed by atoms with Crippen LogP contribution in [0.4, 0.5) is 0 Å². The number of hydrogen-bond acceptors (Lipinski definition) is 0. The molecule has 50 heavy (non-hydrogen) atoms. The van der Waals surface area contributed by atoms with E-state index in [1.807, 2.05) is 0 Å². The lowest BCUT2D eigenvalue weighted by molar-refractivity contribution is 1.61. The number of fused-ring (bicyclic) bond motifs is 5. The van der Waals surface area contributed by atoms with Crippen LogP contribution in [0, 0.1) is 0 Å². The van der Waals surface area contributed by atoms with Crippen molar-refractivity contribution < 1.29 is 0 Å². The van der Waals surface area contributed by atoms with Gasteiger partial charge in [0.05, 0.1) is 0 Å². The summed E-state index contributed by atoms with van der Waals surface area (Å²) < 4.78 is 0. The van der Waals surface area contributed by atoms with E-state index in [-0.39, 0.29) is 0 Å². The van der Waals surface area contributed by atoms with Gasteiger partial charge in [-0.1, -0.05) is 176 Å². The summed E-state index contributed by atoms with van der Waals surface area (Å²) in [4.78, 5) is 0. The third-order valence-electron chi connectivity index (χ3n) is 10.4. The van der Waals surface area contributed by atoms with E-state index in [2.05, 4.69) is 194 Å². The quantitative estimate of drug-likeness (QED) is 0.169. The number of benzene rings is 10. The van der Waals surface area contributed by atoms with Crippen LogP contribution in [-0.2, 0) is 0 Å². The minimum Gasteiger partial charge on any atom is -0.0616 e. The maximum Gasteiger partial charge on any atom is -0.00199 e. The molecule has 0 N–H and O–H groups in total. The monoisotopic (exact) mass is 632 g/mol. The Balaban J connectivity index is 1.20. The highest BCUT2D eigenvalue weighted by atomic mass is 14.2. The minimum atomic E-state index is 1.21. The lowest BCUT2D eigenvalue weighted by Gasteiger charge is -2.20. The standard InChI is InChI=1S/C50H32/c1-2-14-37-30-38(29-28-33(37)12-1)34-24-26-35(27-25-34)40-31-39-15-4-6-18-42(39)48(32-40)50-46-21-9-7-19-44(46)49(45-20-8-10-22-47(45)50)43-23-11-16-36-13-3-5-17-41(36)43/h1-32H. The summed E-state index contributed by atoms with van der Waals surface area (Å²) >= 11 is 0. The molecule has 0 aliphatic heterocycles. The zero-order valence-corrected chi connectivity index (χ0v) is 27.5. The van der Waals surface area contributed by atoms with Gasteiger partial charge in [-0.05, 0) is 117 Å². The molecule has 10 aromatic carbocycles. The zero-order chi connectivity index (χ0) is 33.0. The molecule has 0 spiro atoms. The van der Waals surface area contributed by atoms with Crippen LogP contribution in [0.2, 0.25) is 0 Å². The van der Waals surface area contributed by atoms with Crippen LogP contribution in [-0.4, -0.2) is 0 Å². The highest BCUT2D eigenvalue weighted by Gasteiger charge is 2.19. The van der Waals surface area contributed by atoms with E-state index >= 15 is 0 Å². The number of hydrogen-bond donors (Lipinski definition) is 0.